The van der Waals surface area contributed by atoms with Gasteiger partial charge in [0, 0.05) is 10.6 Å². The fourth-order valence-electron chi connectivity index (χ4n) is 1.08. The third kappa shape index (κ3) is 3.46. The predicted octanol–water partition coefficient (Wildman–Crippen LogP) is 2.75. The summed E-state index contributed by atoms with van der Waals surface area (Å²) in [4.78, 5) is 11.9. The zero-order valence-electron chi connectivity index (χ0n) is 8.08. The standard InChI is InChI=1S/C10H9ClN2OS/c1-7-4-8(15-6-12)2-3-9(7)13-10(14)5-11/h2-4H,5H2,1H3,(H,13,14). The van der Waals surface area contributed by atoms with Gasteiger partial charge in [-0.3, -0.25) is 4.79 Å². The second-order valence-corrected chi connectivity index (χ2v) is 3.98. The molecular weight excluding hydrogens is 232 g/mol. The largest absolute Gasteiger partial charge is 0.325 e. The van der Waals surface area contributed by atoms with Crippen molar-refractivity contribution in [3.8, 4) is 5.40 Å². The number of rotatable bonds is 3. The number of nitrogens with zero attached hydrogens (tertiary/aromatic N) is 1. The topological polar surface area (TPSA) is 52.9 Å². The molecule has 0 fully saturated rings. The second kappa shape index (κ2) is 5.64. The summed E-state index contributed by atoms with van der Waals surface area (Å²) in [6, 6.07) is 5.39. The van der Waals surface area contributed by atoms with Crippen molar-refractivity contribution in [2.75, 3.05) is 11.2 Å². The van der Waals surface area contributed by atoms with Gasteiger partial charge in [-0.2, -0.15) is 5.26 Å². The number of nitrogens with one attached hydrogen (secondary N) is 1. The zero-order valence-corrected chi connectivity index (χ0v) is 9.65. The molecule has 0 radical (unpaired) electrons. The van der Waals surface area contributed by atoms with Gasteiger partial charge in [0.2, 0.25) is 5.91 Å². The lowest BCUT2D eigenvalue weighted by atomic mass is 10.2. The van der Waals surface area contributed by atoms with Gasteiger partial charge in [-0.25, -0.2) is 0 Å². The fraction of sp³-hybridized carbons (Fsp3) is 0.200. The molecule has 5 heteroatoms. The number of benzene rings is 1. The Hall–Kier alpha value is -1.18. The summed E-state index contributed by atoms with van der Waals surface area (Å²) in [5, 5.41) is 13.1. The number of hydrogen-bond acceptors (Lipinski definition) is 3. The van der Waals surface area contributed by atoms with Gasteiger partial charge in [0.15, 0.2) is 0 Å². The monoisotopic (exact) mass is 240 g/mol. The number of thiocyanates is 1. The molecule has 0 atom stereocenters. The van der Waals surface area contributed by atoms with Crippen LogP contribution in [0.1, 0.15) is 5.56 Å². The maximum absolute atomic E-state index is 11.0. The van der Waals surface area contributed by atoms with Crippen LogP contribution >= 0.6 is 23.4 Å². The van der Waals surface area contributed by atoms with Crippen molar-refractivity contribution in [1.82, 2.24) is 0 Å². The minimum Gasteiger partial charge on any atom is -0.325 e. The van der Waals surface area contributed by atoms with E-state index < -0.39 is 0 Å². The van der Waals surface area contributed by atoms with Crippen LogP contribution in [-0.2, 0) is 4.79 Å². The van der Waals surface area contributed by atoms with Crippen molar-refractivity contribution in [3.05, 3.63) is 23.8 Å². The Balaban J connectivity index is 2.84. The van der Waals surface area contributed by atoms with Crippen LogP contribution in [0.3, 0.4) is 0 Å². The molecule has 0 aliphatic carbocycles. The molecule has 78 valence electrons. The Kier molecular flexibility index (Phi) is 4.47. The minimum absolute atomic E-state index is 0.0614. The van der Waals surface area contributed by atoms with Gasteiger partial charge < -0.3 is 5.32 Å². The smallest absolute Gasteiger partial charge is 0.239 e. The number of aryl methyl sites for hydroxylation is 1. The van der Waals surface area contributed by atoms with Gasteiger partial charge in [-0.15, -0.1) is 11.6 Å². The molecule has 0 aliphatic heterocycles. The highest BCUT2D eigenvalue weighted by molar-refractivity contribution is 8.03. The normalized spacial score (nSPS) is 9.40. The molecule has 0 heterocycles. The highest BCUT2D eigenvalue weighted by Crippen LogP contribution is 2.23. The lowest BCUT2D eigenvalue weighted by molar-refractivity contribution is -0.113. The molecule has 3 nitrogen and oxygen atoms in total. The van der Waals surface area contributed by atoms with Gasteiger partial charge in [-0.05, 0) is 42.4 Å². The number of anilines is 1. The molecule has 0 bridgehead atoms. The number of hydrogen-bond donors (Lipinski definition) is 1. The zero-order chi connectivity index (χ0) is 11.3. The van der Waals surface area contributed by atoms with Crippen LogP contribution < -0.4 is 5.32 Å². The van der Waals surface area contributed by atoms with Crippen molar-refractivity contribution >= 4 is 35.0 Å². The first kappa shape index (κ1) is 11.9. The molecular formula is C10H9ClN2OS. The molecule has 15 heavy (non-hydrogen) atoms. The molecule has 0 aromatic heterocycles. The molecule has 0 saturated carbocycles. The van der Waals surface area contributed by atoms with Crippen LogP contribution in [0.25, 0.3) is 0 Å². The van der Waals surface area contributed by atoms with Crippen LogP contribution in [0.2, 0.25) is 0 Å². The lowest BCUT2D eigenvalue weighted by Crippen LogP contribution is -2.13. The van der Waals surface area contributed by atoms with E-state index in [4.69, 9.17) is 16.9 Å². The average Bonchev–Trinajstić information content (AvgIpc) is 2.22. The Bertz CT molecular complexity index is 414. The second-order valence-electron chi connectivity index (χ2n) is 2.85. The Morgan fingerprint density at radius 2 is 2.40 bits per heavy atom. The van der Waals surface area contributed by atoms with Gasteiger partial charge in [-0.1, -0.05) is 0 Å². The highest BCUT2D eigenvalue weighted by atomic mass is 35.5. The van der Waals surface area contributed by atoms with E-state index in [1.54, 1.807) is 12.1 Å². The van der Waals surface area contributed by atoms with Crippen LogP contribution in [0.5, 0.6) is 0 Å². The van der Waals surface area contributed by atoms with E-state index in [0.29, 0.717) is 0 Å². The predicted molar refractivity (Wildman–Crippen MR) is 62.0 cm³/mol. The van der Waals surface area contributed by atoms with E-state index in [2.05, 4.69) is 5.32 Å². The molecule has 0 spiro atoms. The summed E-state index contributed by atoms with van der Waals surface area (Å²) in [7, 11) is 0. The van der Waals surface area contributed by atoms with Gasteiger partial charge >= 0.3 is 0 Å². The van der Waals surface area contributed by atoms with Gasteiger partial charge in [0.05, 0.1) is 0 Å². The number of nitriles is 1. The van der Waals surface area contributed by atoms with E-state index in [9.17, 15) is 4.79 Å². The molecule has 0 unspecified atom stereocenters. The summed E-state index contributed by atoms with van der Waals surface area (Å²) in [6.45, 7) is 1.87. The SMILES string of the molecule is Cc1cc(SC#N)ccc1NC(=O)CCl. The number of alkyl halides is 1. The quantitative estimate of drug-likeness (QED) is 0.502. The Morgan fingerprint density at radius 1 is 1.67 bits per heavy atom. The van der Waals surface area contributed by atoms with E-state index in [1.807, 2.05) is 18.4 Å². The van der Waals surface area contributed by atoms with E-state index in [0.717, 1.165) is 27.9 Å². The summed E-state index contributed by atoms with van der Waals surface area (Å²) in [5.74, 6) is -0.297. The first-order valence-corrected chi connectivity index (χ1v) is 5.55. The molecule has 1 amide bonds. The third-order valence-corrected chi connectivity index (χ3v) is 2.58. The maximum Gasteiger partial charge on any atom is 0.239 e. The first-order valence-electron chi connectivity index (χ1n) is 4.19. The maximum atomic E-state index is 11.0. The number of carbonyl (C=O) groups excluding carboxylic acids is 1. The molecule has 1 N–H and O–H groups in total. The molecule has 1 aromatic rings. The summed E-state index contributed by atoms with van der Waals surface area (Å²) in [5.41, 5.74) is 1.64. The number of amides is 1. The Morgan fingerprint density at radius 3 is 2.93 bits per heavy atom. The van der Waals surface area contributed by atoms with E-state index >= 15 is 0 Å². The van der Waals surface area contributed by atoms with Gasteiger partial charge in [0.25, 0.3) is 0 Å². The first-order chi connectivity index (χ1) is 7.17. The molecule has 1 rings (SSSR count). The van der Waals surface area contributed by atoms with E-state index in [1.165, 1.54) is 0 Å². The van der Waals surface area contributed by atoms with Crippen molar-refractivity contribution in [1.29, 1.82) is 5.26 Å². The van der Waals surface area contributed by atoms with Gasteiger partial charge in [0.1, 0.15) is 11.3 Å². The molecule has 0 aliphatic rings. The van der Waals surface area contributed by atoms with Crippen LogP contribution in [-0.4, -0.2) is 11.8 Å². The molecule has 1 aromatic carbocycles. The summed E-state index contributed by atoms with van der Waals surface area (Å²) in [6.07, 6.45) is 0. The number of halogens is 1. The van der Waals surface area contributed by atoms with Crippen LogP contribution in [0.4, 0.5) is 5.69 Å². The third-order valence-electron chi connectivity index (χ3n) is 1.76. The lowest BCUT2D eigenvalue weighted by Gasteiger charge is -2.07. The fourth-order valence-corrected chi connectivity index (χ4v) is 1.62. The van der Waals surface area contributed by atoms with Crippen molar-refractivity contribution < 1.29 is 4.79 Å². The van der Waals surface area contributed by atoms with Crippen LogP contribution in [0, 0.1) is 17.6 Å². The summed E-state index contributed by atoms with van der Waals surface area (Å²) >= 11 is 6.47. The molecule has 0 saturated heterocycles. The van der Waals surface area contributed by atoms with Crippen molar-refractivity contribution in [3.63, 3.8) is 0 Å². The summed E-state index contributed by atoms with van der Waals surface area (Å²) < 4.78 is 0. The Labute approximate surface area is 97.4 Å². The van der Waals surface area contributed by atoms with Crippen molar-refractivity contribution in [2.24, 2.45) is 0 Å². The number of carbonyl (C=O) groups is 1. The van der Waals surface area contributed by atoms with Crippen molar-refractivity contribution in [2.45, 2.75) is 11.8 Å². The number of thioether (sulfide) groups is 1. The highest BCUT2D eigenvalue weighted by Gasteiger charge is 2.04. The average molecular weight is 241 g/mol. The van der Waals surface area contributed by atoms with Crippen LogP contribution in [0.15, 0.2) is 23.1 Å². The minimum atomic E-state index is -0.236. The van der Waals surface area contributed by atoms with E-state index in [-0.39, 0.29) is 11.8 Å².